The van der Waals surface area contributed by atoms with Gasteiger partial charge in [0.05, 0.1) is 12.7 Å². The van der Waals surface area contributed by atoms with Gasteiger partial charge in [-0.15, -0.1) is 0 Å². The molecule has 186 valence electrons. The minimum Gasteiger partial charge on any atom is -0.507 e. The van der Waals surface area contributed by atoms with Crippen LogP contribution in [0.3, 0.4) is 0 Å². The van der Waals surface area contributed by atoms with Crippen LogP contribution in [-0.4, -0.2) is 17.3 Å². The second-order valence-corrected chi connectivity index (χ2v) is 8.70. The van der Waals surface area contributed by atoms with Crippen molar-refractivity contribution in [2.45, 2.75) is 46.7 Å². The number of benzene rings is 2. The van der Waals surface area contributed by atoms with Crippen molar-refractivity contribution in [1.82, 2.24) is 0 Å². The van der Waals surface area contributed by atoms with Gasteiger partial charge >= 0.3 is 6.18 Å². The number of fused-ring (bicyclic) bond motifs is 1. The molecule has 0 saturated carbocycles. The molecule has 2 N–H and O–H groups in total. The van der Waals surface area contributed by atoms with Crippen molar-refractivity contribution in [2.24, 2.45) is 0 Å². The van der Waals surface area contributed by atoms with Crippen LogP contribution >= 0.6 is 0 Å². The van der Waals surface area contributed by atoms with Gasteiger partial charge in [0.15, 0.2) is 5.76 Å². The smallest absolute Gasteiger partial charge is 0.416 e. The molecule has 0 radical (unpaired) electrons. The van der Waals surface area contributed by atoms with E-state index in [4.69, 9.17) is 9.15 Å². The number of methoxy groups -OCH3 is 1. The largest absolute Gasteiger partial charge is 0.507 e. The Morgan fingerprint density at radius 2 is 1.49 bits per heavy atom. The highest BCUT2D eigenvalue weighted by molar-refractivity contribution is 5.93. The van der Waals surface area contributed by atoms with Crippen LogP contribution < -0.4 is 10.2 Å². The van der Waals surface area contributed by atoms with Crippen molar-refractivity contribution < 1.29 is 32.5 Å². The average molecular weight is 489 g/mol. The first-order valence-corrected chi connectivity index (χ1v) is 10.9. The predicted octanol–water partition coefficient (Wildman–Crippen LogP) is 6.92. The summed E-state index contributed by atoms with van der Waals surface area (Å²) in [6, 6.07) is 4.10. The predicted molar refractivity (Wildman–Crippen MR) is 129 cm³/mol. The zero-order valence-electron chi connectivity index (χ0n) is 20.1. The minimum absolute atomic E-state index is 0.0563. The fourth-order valence-electron chi connectivity index (χ4n) is 3.68. The van der Waals surface area contributed by atoms with Gasteiger partial charge < -0.3 is 19.4 Å². The molecule has 8 heteroatoms. The number of alkyl halides is 3. The Labute approximate surface area is 200 Å². The molecular weight excluding hydrogens is 461 g/mol. The molecule has 0 aliphatic carbocycles. The summed E-state index contributed by atoms with van der Waals surface area (Å²) in [4.78, 5) is 13.5. The number of phenols is 2. The second-order valence-electron chi connectivity index (χ2n) is 8.70. The highest BCUT2D eigenvalue weighted by Crippen LogP contribution is 2.43. The number of phenolic OH excluding ortho intramolecular Hbond substituents is 2. The Morgan fingerprint density at radius 3 is 1.97 bits per heavy atom. The van der Waals surface area contributed by atoms with Gasteiger partial charge in [-0.25, -0.2) is 0 Å². The first-order valence-electron chi connectivity index (χ1n) is 10.9. The van der Waals surface area contributed by atoms with E-state index in [1.54, 1.807) is 6.08 Å². The third kappa shape index (κ3) is 5.21. The molecule has 1 aromatic heterocycles. The molecule has 3 rings (SSSR count). The van der Waals surface area contributed by atoms with E-state index in [1.807, 2.05) is 33.8 Å². The number of rotatable bonds is 6. The SMILES string of the molecule is COc1c(-c2ccc(C(F)(F)F)cc2)oc2c(CC=C(C)C)c(O)c(CC=C(C)C)c(O)c2c1=O. The Kier molecular flexibility index (Phi) is 7.33. The maximum absolute atomic E-state index is 13.5. The van der Waals surface area contributed by atoms with E-state index in [-0.39, 0.29) is 57.8 Å². The highest BCUT2D eigenvalue weighted by Gasteiger charge is 2.31. The van der Waals surface area contributed by atoms with Gasteiger partial charge in [0.25, 0.3) is 0 Å². The number of allylic oxidation sites excluding steroid dienone is 4. The molecule has 0 aliphatic heterocycles. The van der Waals surface area contributed by atoms with Crippen molar-refractivity contribution >= 4 is 11.0 Å². The van der Waals surface area contributed by atoms with Gasteiger partial charge in [-0.2, -0.15) is 13.2 Å². The molecule has 2 aromatic carbocycles. The molecule has 5 nitrogen and oxygen atoms in total. The quantitative estimate of drug-likeness (QED) is 0.368. The van der Waals surface area contributed by atoms with E-state index >= 15 is 0 Å². The summed E-state index contributed by atoms with van der Waals surface area (Å²) in [6.07, 6.45) is -0.503. The van der Waals surface area contributed by atoms with Gasteiger partial charge in [-0.1, -0.05) is 35.4 Å². The van der Waals surface area contributed by atoms with Gasteiger partial charge in [0.1, 0.15) is 22.5 Å². The van der Waals surface area contributed by atoms with Gasteiger partial charge in [0.2, 0.25) is 11.2 Å². The van der Waals surface area contributed by atoms with Gasteiger partial charge in [0, 0.05) is 16.7 Å². The van der Waals surface area contributed by atoms with Crippen LogP contribution in [0.4, 0.5) is 13.2 Å². The topological polar surface area (TPSA) is 79.9 Å². The van der Waals surface area contributed by atoms with Crippen LogP contribution in [0.25, 0.3) is 22.3 Å². The van der Waals surface area contributed by atoms with Gasteiger partial charge in [-0.05, 0) is 52.7 Å². The van der Waals surface area contributed by atoms with Crippen molar-refractivity contribution in [3.05, 3.63) is 74.5 Å². The van der Waals surface area contributed by atoms with Crippen molar-refractivity contribution in [3.8, 4) is 28.6 Å². The summed E-state index contributed by atoms with van der Waals surface area (Å²) in [5.74, 6) is -1.01. The Bertz CT molecular complexity index is 1370. The molecule has 35 heavy (non-hydrogen) atoms. The minimum atomic E-state index is -4.52. The van der Waals surface area contributed by atoms with Crippen LogP contribution in [0.15, 0.2) is 56.8 Å². The van der Waals surface area contributed by atoms with Crippen molar-refractivity contribution in [2.75, 3.05) is 7.11 Å². The Balaban J connectivity index is 2.40. The summed E-state index contributed by atoms with van der Waals surface area (Å²) < 4.78 is 50.3. The lowest BCUT2D eigenvalue weighted by atomic mass is 9.96. The van der Waals surface area contributed by atoms with E-state index in [9.17, 15) is 28.2 Å². The first kappa shape index (κ1) is 25.9. The lowest BCUT2D eigenvalue weighted by Gasteiger charge is -2.17. The molecule has 0 spiro atoms. The van der Waals surface area contributed by atoms with E-state index in [0.29, 0.717) is 0 Å². The fraction of sp³-hybridized carbons (Fsp3) is 0.296. The standard InChI is InChI=1S/C27H27F3O5/c1-14(2)6-12-18-21(31)19(13-7-15(3)4)25-20(22(18)32)23(33)26(34-5)24(35-25)16-8-10-17(11-9-16)27(28,29)30/h6-11,31-32H,12-13H2,1-5H3. The normalized spacial score (nSPS) is 11.4. The summed E-state index contributed by atoms with van der Waals surface area (Å²) in [5, 5.41) is 21.9. The highest BCUT2D eigenvalue weighted by atomic mass is 19.4. The second kappa shape index (κ2) is 9.90. The maximum Gasteiger partial charge on any atom is 0.416 e. The lowest BCUT2D eigenvalue weighted by molar-refractivity contribution is -0.137. The Hall–Kier alpha value is -3.68. The zero-order valence-corrected chi connectivity index (χ0v) is 20.1. The van der Waals surface area contributed by atoms with E-state index < -0.39 is 22.9 Å². The maximum atomic E-state index is 13.5. The van der Waals surface area contributed by atoms with E-state index in [0.717, 1.165) is 23.3 Å². The van der Waals surface area contributed by atoms with Crippen LogP contribution in [-0.2, 0) is 19.0 Å². The number of aromatic hydroxyl groups is 2. The molecule has 0 aliphatic rings. The molecule has 0 fully saturated rings. The number of ether oxygens (including phenoxy) is 1. The zero-order chi connectivity index (χ0) is 26.1. The number of hydrogen-bond donors (Lipinski definition) is 2. The molecule has 1 heterocycles. The molecule has 0 unspecified atom stereocenters. The van der Waals surface area contributed by atoms with Crippen molar-refractivity contribution in [1.29, 1.82) is 0 Å². The van der Waals surface area contributed by atoms with E-state index in [1.165, 1.54) is 19.2 Å². The van der Waals surface area contributed by atoms with Crippen molar-refractivity contribution in [3.63, 3.8) is 0 Å². The monoisotopic (exact) mass is 488 g/mol. The lowest BCUT2D eigenvalue weighted by Crippen LogP contribution is -2.10. The molecule has 0 saturated heterocycles. The van der Waals surface area contributed by atoms with Crippen LogP contribution in [0.1, 0.15) is 44.4 Å². The number of hydrogen-bond acceptors (Lipinski definition) is 5. The molecule has 3 aromatic rings. The first-order chi connectivity index (χ1) is 16.4. The number of halogens is 3. The average Bonchev–Trinajstić information content (AvgIpc) is 2.77. The molecule has 0 atom stereocenters. The van der Waals surface area contributed by atoms with Gasteiger partial charge in [-0.3, -0.25) is 4.79 Å². The third-order valence-electron chi connectivity index (χ3n) is 5.55. The molecule has 0 bridgehead atoms. The molecular formula is C27H27F3O5. The van der Waals surface area contributed by atoms with E-state index in [2.05, 4.69) is 0 Å². The Morgan fingerprint density at radius 1 is 0.943 bits per heavy atom. The molecule has 0 amide bonds. The summed E-state index contributed by atoms with van der Waals surface area (Å²) >= 11 is 0. The van der Waals surface area contributed by atoms with Crippen LogP contribution in [0.2, 0.25) is 0 Å². The van der Waals surface area contributed by atoms with Crippen LogP contribution in [0.5, 0.6) is 17.2 Å². The summed E-state index contributed by atoms with van der Waals surface area (Å²) in [6.45, 7) is 7.48. The summed E-state index contributed by atoms with van der Waals surface area (Å²) in [7, 11) is 1.23. The third-order valence-corrected chi connectivity index (χ3v) is 5.55. The van der Waals surface area contributed by atoms with Crippen LogP contribution in [0, 0.1) is 0 Å². The fourth-order valence-corrected chi connectivity index (χ4v) is 3.68. The summed E-state index contributed by atoms with van der Waals surface area (Å²) in [5.41, 5.74) is 0.933.